The van der Waals surface area contributed by atoms with E-state index in [0.29, 0.717) is 38.4 Å². The van der Waals surface area contributed by atoms with Crippen LogP contribution in [-0.2, 0) is 18.4 Å². The van der Waals surface area contributed by atoms with Crippen LogP contribution in [0.25, 0.3) is 0 Å². The van der Waals surface area contributed by atoms with Crippen LogP contribution in [0, 0.1) is 5.92 Å². The molecule has 0 radical (unpaired) electrons. The van der Waals surface area contributed by atoms with E-state index in [4.69, 9.17) is 0 Å². The van der Waals surface area contributed by atoms with Crippen LogP contribution < -0.4 is 5.32 Å². The third-order valence-corrected chi connectivity index (χ3v) is 4.84. The highest BCUT2D eigenvalue weighted by molar-refractivity contribution is 5.76. The summed E-state index contributed by atoms with van der Waals surface area (Å²) in [7, 11) is 1.94. The minimum Gasteiger partial charge on any atom is -0.355 e. The molecule has 1 N–H and O–H groups in total. The molecule has 1 aromatic rings. The average molecular weight is 320 g/mol. The van der Waals surface area contributed by atoms with E-state index in [9.17, 15) is 9.18 Å². The van der Waals surface area contributed by atoms with Crippen molar-refractivity contribution in [3.63, 3.8) is 0 Å². The number of imidazole rings is 1. The van der Waals surface area contributed by atoms with Crippen LogP contribution in [0.2, 0.25) is 0 Å². The van der Waals surface area contributed by atoms with E-state index in [1.165, 1.54) is 0 Å². The highest BCUT2D eigenvalue weighted by Gasteiger charge is 2.32. The molecular weight excluding hydrogens is 295 g/mol. The quantitative estimate of drug-likeness (QED) is 0.813. The summed E-state index contributed by atoms with van der Waals surface area (Å²) in [4.78, 5) is 18.4. The lowest BCUT2D eigenvalue weighted by molar-refractivity contribution is -0.121. The molecule has 1 fully saturated rings. The van der Waals surface area contributed by atoms with Gasteiger partial charge in [0.2, 0.25) is 5.91 Å². The molecule has 1 amide bonds. The Morgan fingerprint density at radius 1 is 1.52 bits per heavy atom. The van der Waals surface area contributed by atoms with Gasteiger partial charge in [0.15, 0.2) is 0 Å². The average Bonchev–Trinajstić information content (AvgIpc) is 3.22. The summed E-state index contributed by atoms with van der Waals surface area (Å²) in [5, 5.41) is 2.99. The number of likely N-dealkylation sites (tertiary alicyclic amines) is 1. The number of hydrogen-bond acceptors (Lipinski definition) is 3. The van der Waals surface area contributed by atoms with Gasteiger partial charge in [-0.2, -0.15) is 0 Å². The second-order valence-electron chi connectivity index (χ2n) is 6.64. The second kappa shape index (κ2) is 7.25. The first kappa shape index (κ1) is 16.2. The molecule has 23 heavy (non-hydrogen) atoms. The van der Waals surface area contributed by atoms with Gasteiger partial charge in [-0.3, -0.25) is 9.69 Å². The fourth-order valence-electron chi connectivity index (χ4n) is 3.47. The van der Waals surface area contributed by atoms with Gasteiger partial charge in [0, 0.05) is 45.0 Å². The Morgan fingerprint density at radius 2 is 2.39 bits per heavy atom. The Labute approximate surface area is 136 Å². The zero-order valence-corrected chi connectivity index (χ0v) is 13.6. The zero-order chi connectivity index (χ0) is 16.2. The third kappa shape index (κ3) is 4.19. The predicted molar refractivity (Wildman–Crippen MR) is 86.4 cm³/mol. The number of amides is 1. The van der Waals surface area contributed by atoms with Crippen molar-refractivity contribution >= 4 is 5.91 Å². The SMILES string of the molecule is Cn1ccnc1CN1C[C@@H](F)C[C@H]1CNC(=O)C[C@@H]1C=CCC1. The van der Waals surface area contributed by atoms with Crippen molar-refractivity contribution in [3.05, 3.63) is 30.4 Å². The van der Waals surface area contributed by atoms with Crippen molar-refractivity contribution in [2.24, 2.45) is 13.0 Å². The maximum Gasteiger partial charge on any atom is 0.220 e. The van der Waals surface area contributed by atoms with Gasteiger partial charge in [-0.1, -0.05) is 12.2 Å². The Balaban J connectivity index is 1.49. The molecule has 3 rings (SSSR count). The Kier molecular flexibility index (Phi) is 5.10. The molecule has 0 aromatic carbocycles. The number of rotatable bonds is 6. The van der Waals surface area contributed by atoms with Crippen molar-refractivity contribution in [2.75, 3.05) is 13.1 Å². The summed E-state index contributed by atoms with van der Waals surface area (Å²) in [5.41, 5.74) is 0. The van der Waals surface area contributed by atoms with Crippen molar-refractivity contribution in [1.82, 2.24) is 19.8 Å². The lowest BCUT2D eigenvalue weighted by Gasteiger charge is -2.24. The largest absolute Gasteiger partial charge is 0.355 e. The van der Waals surface area contributed by atoms with Crippen LogP contribution in [0.4, 0.5) is 4.39 Å². The molecule has 0 bridgehead atoms. The van der Waals surface area contributed by atoms with Crippen LogP contribution >= 0.6 is 0 Å². The molecule has 0 spiro atoms. The molecule has 0 saturated carbocycles. The molecule has 2 aliphatic rings. The molecule has 5 nitrogen and oxygen atoms in total. The standard InChI is InChI=1S/C17H25FN4O/c1-21-7-6-19-16(21)12-22-11-14(18)9-15(22)10-20-17(23)8-13-4-2-3-5-13/h2,4,6-7,13-15H,3,5,8-12H2,1H3,(H,20,23)/t13-,14+,15+/m1/s1. The van der Waals surface area contributed by atoms with Crippen molar-refractivity contribution in [2.45, 2.75) is 44.4 Å². The van der Waals surface area contributed by atoms with Gasteiger partial charge in [0.25, 0.3) is 0 Å². The van der Waals surface area contributed by atoms with Gasteiger partial charge in [0.1, 0.15) is 12.0 Å². The number of aromatic nitrogens is 2. The summed E-state index contributed by atoms with van der Waals surface area (Å²) in [6.07, 6.45) is 10.2. The van der Waals surface area contributed by atoms with Gasteiger partial charge in [-0.05, 0) is 25.2 Å². The zero-order valence-electron chi connectivity index (χ0n) is 13.6. The smallest absolute Gasteiger partial charge is 0.220 e. The van der Waals surface area contributed by atoms with E-state index < -0.39 is 6.17 Å². The normalized spacial score (nSPS) is 27.7. The molecule has 3 atom stereocenters. The summed E-state index contributed by atoms with van der Waals surface area (Å²) in [6.45, 7) is 1.55. The first-order valence-electron chi connectivity index (χ1n) is 8.39. The molecular formula is C17H25FN4O. The number of nitrogens with one attached hydrogen (secondary N) is 1. The van der Waals surface area contributed by atoms with Gasteiger partial charge in [0.05, 0.1) is 6.54 Å². The van der Waals surface area contributed by atoms with Crippen molar-refractivity contribution in [1.29, 1.82) is 0 Å². The number of halogens is 1. The van der Waals surface area contributed by atoms with E-state index in [1.807, 2.05) is 17.8 Å². The fraction of sp³-hybridized carbons (Fsp3) is 0.647. The Bertz CT molecular complexity index is 571. The van der Waals surface area contributed by atoms with Crippen LogP contribution in [0.1, 0.15) is 31.5 Å². The predicted octanol–water partition coefficient (Wildman–Crippen LogP) is 1.80. The van der Waals surface area contributed by atoms with E-state index in [1.54, 1.807) is 6.20 Å². The summed E-state index contributed by atoms with van der Waals surface area (Å²) >= 11 is 0. The maximum atomic E-state index is 13.8. The Hall–Kier alpha value is -1.69. The number of aryl methyl sites for hydroxylation is 1. The summed E-state index contributed by atoms with van der Waals surface area (Å²) < 4.78 is 15.8. The molecule has 126 valence electrons. The molecule has 1 aliphatic carbocycles. The topological polar surface area (TPSA) is 50.2 Å². The first-order chi connectivity index (χ1) is 11.1. The lowest BCUT2D eigenvalue weighted by atomic mass is 10.0. The summed E-state index contributed by atoms with van der Waals surface area (Å²) in [5.74, 6) is 1.36. The van der Waals surface area contributed by atoms with Crippen LogP contribution in [0.5, 0.6) is 0 Å². The monoisotopic (exact) mass is 320 g/mol. The number of nitrogens with zero attached hydrogens (tertiary/aromatic N) is 3. The van der Waals surface area contributed by atoms with Crippen LogP contribution in [-0.4, -0.2) is 45.7 Å². The number of alkyl halides is 1. The molecule has 1 aliphatic heterocycles. The molecule has 2 heterocycles. The van der Waals surface area contributed by atoms with Crippen LogP contribution in [0.3, 0.4) is 0 Å². The highest BCUT2D eigenvalue weighted by Crippen LogP contribution is 2.23. The van der Waals surface area contributed by atoms with Gasteiger partial charge in [-0.25, -0.2) is 9.37 Å². The minimum atomic E-state index is -0.824. The minimum absolute atomic E-state index is 0.0461. The number of allylic oxidation sites excluding steroid dienone is 2. The third-order valence-electron chi connectivity index (χ3n) is 4.84. The van der Waals surface area contributed by atoms with E-state index in [-0.39, 0.29) is 11.9 Å². The van der Waals surface area contributed by atoms with Crippen molar-refractivity contribution < 1.29 is 9.18 Å². The fourth-order valence-corrected chi connectivity index (χ4v) is 3.47. The van der Waals surface area contributed by atoms with E-state index >= 15 is 0 Å². The second-order valence-corrected chi connectivity index (χ2v) is 6.64. The van der Waals surface area contributed by atoms with Gasteiger partial charge < -0.3 is 9.88 Å². The molecule has 1 aromatic heterocycles. The molecule has 0 unspecified atom stereocenters. The molecule has 1 saturated heterocycles. The van der Waals surface area contributed by atoms with Crippen molar-refractivity contribution in [3.8, 4) is 0 Å². The molecule has 6 heteroatoms. The number of hydrogen-bond donors (Lipinski definition) is 1. The van der Waals surface area contributed by atoms with Gasteiger partial charge in [-0.15, -0.1) is 0 Å². The highest BCUT2D eigenvalue weighted by atomic mass is 19.1. The number of carbonyl (C=O) groups excluding carboxylic acids is 1. The van der Waals surface area contributed by atoms with E-state index in [2.05, 4.69) is 27.4 Å². The maximum absolute atomic E-state index is 13.8. The van der Waals surface area contributed by atoms with Crippen LogP contribution in [0.15, 0.2) is 24.5 Å². The summed E-state index contributed by atoms with van der Waals surface area (Å²) in [6, 6.07) is 0.0461. The lowest BCUT2D eigenvalue weighted by Crippen LogP contribution is -2.40. The number of carbonyl (C=O) groups is 1. The van der Waals surface area contributed by atoms with Gasteiger partial charge >= 0.3 is 0 Å². The van der Waals surface area contributed by atoms with E-state index in [0.717, 1.165) is 18.7 Å². The first-order valence-corrected chi connectivity index (χ1v) is 8.39. The Morgan fingerprint density at radius 3 is 3.09 bits per heavy atom.